The molecule has 10 nitrogen and oxygen atoms in total. The van der Waals surface area contributed by atoms with Gasteiger partial charge in [-0.2, -0.15) is 10.2 Å². The summed E-state index contributed by atoms with van der Waals surface area (Å²) in [5.41, 5.74) is 3.04. The van der Waals surface area contributed by atoms with Crippen LogP contribution in [-0.4, -0.2) is 74.8 Å². The first-order valence-electron chi connectivity index (χ1n) is 13.4. The molecule has 40 heavy (non-hydrogen) atoms. The predicted octanol–water partition coefficient (Wildman–Crippen LogP) is 3.04. The van der Waals surface area contributed by atoms with E-state index in [1.54, 1.807) is 41.9 Å². The largest absolute Gasteiger partial charge is 0.364 e. The summed E-state index contributed by atoms with van der Waals surface area (Å²) < 4.78 is 21.3. The van der Waals surface area contributed by atoms with Crippen LogP contribution in [0.3, 0.4) is 0 Å². The minimum Gasteiger partial charge on any atom is -0.364 e. The second kappa shape index (κ2) is 10.1. The van der Waals surface area contributed by atoms with Gasteiger partial charge in [-0.25, -0.2) is 9.37 Å². The van der Waals surface area contributed by atoms with E-state index in [1.165, 1.54) is 12.1 Å². The van der Waals surface area contributed by atoms with Gasteiger partial charge in [-0.15, -0.1) is 0 Å². The Labute approximate surface area is 231 Å². The molecule has 2 fully saturated rings. The Kier molecular flexibility index (Phi) is 6.60. The SMILES string of the molecule is C[C@@H]1CN(c2cc(=O)n(C)c3ccc(C#N)nc23)[C@@H](C)CN1C(c1ccc(F)cc1)c1nc(C2CN(C)C2)no1. The van der Waals surface area contributed by atoms with Gasteiger partial charge in [-0.1, -0.05) is 17.3 Å². The van der Waals surface area contributed by atoms with Gasteiger partial charge in [0.1, 0.15) is 29.1 Å². The topological polar surface area (TPSA) is 107 Å². The highest BCUT2D eigenvalue weighted by atomic mass is 19.1. The Hall–Kier alpha value is -4.14. The summed E-state index contributed by atoms with van der Waals surface area (Å²) >= 11 is 0. The van der Waals surface area contributed by atoms with Crippen LogP contribution in [0.5, 0.6) is 0 Å². The van der Waals surface area contributed by atoms with Crippen LogP contribution in [0.15, 0.2) is 51.8 Å². The minimum absolute atomic E-state index is 0.00491. The Morgan fingerprint density at radius 2 is 1.77 bits per heavy atom. The average Bonchev–Trinajstić information content (AvgIpc) is 3.40. The number of aryl methyl sites for hydroxylation is 1. The van der Waals surface area contributed by atoms with Crippen LogP contribution in [0.25, 0.3) is 11.0 Å². The zero-order chi connectivity index (χ0) is 28.1. The third kappa shape index (κ3) is 4.53. The molecule has 1 unspecified atom stereocenters. The number of likely N-dealkylation sites (N-methyl/N-ethyl adjacent to an activating group) is 1. The summed E-state index contributed by atoms with van der Waals surface area (Å²) in [6, 6.07) is 13.2. The standard InChI is InChI=1S/C29H31FN8O2/c1-17-14-38(18(2)13-37(17)24-11-25(39)36(4)23-10-9-22(12-31)32-26(23)24)27(19-5-7-21(30)8-6-19)29-33-28(34-40-29)20-15-35(3)16-20/h5-11,17-18,20,27H,13-16H2,1-4H3/t17-,18+,27?/m0/s1. The fourth-order valence-electron chi connectivity index (χ4n) is 5.95. The highest BCUT2D eigenvalue weighted by Gasteiger charge is 2.39. The fourth-order valence-corrected chi connectivity index (χ4v) is 5.95. The second-order valence-corrected chi connectivity index (χ2v) is 11.0. The van der Waals surface area contributed by atoms with Gasteiger partial charge in [0.25, 0.3) is 5.56 Å². The van der Waals surface area contributed by atoms with Gasteiger partial charge in [0, 0.05) is 57.3 Å². The van der Waals surface area contributed by atoms with E-state index in [0.717, 1.165) is 18.7 Å². The molecule has 3 atom stereocenters. The molecule has 11 heteroatoms. The van der Waals surface area contributed by atoms with Gasteiger partial charge in [0.15, 0.2) is 5.82 Å². The molecule has 2 saturated heterocycles. The number of anilines is 1. The molecule has 2 aliphatic heterocycles. The number of fused-ring (bicyclic) bond motifs is 1. The molecule has 0 radical (unpaired) electrons. The van der Waals surface area contributed by atoms with Crippen molar-refractivity contribution in [2.75, 3.05) is 38.1 Å². The first-order valence-corrected chi connectivity index (χ1v) is 13.4. The number of nitrogens with zero attached hydrogens (tertiary/aromatic N) is 8. The fraction of sp³-hybridized carbons (Fsp3) is 0.414. The molecule has 2 aliphatic rings. The molecular weight excluding hydrogens is 511 g/mol. The van der Waals surface area contributed by atoms with E-state index >= 15 is 0 Å². The van der Waals surface area contributed by atoms with Gasteiger partial charge in [0.05, 0.1) is 11.2 Å². The van der Waals surface area contributed by atoms with Crippen molar-refractivity contribution in [3.05, 3.63) is 81.6 Å². The molecule has 0 N–H and O–H groups in total. The molecule has 0 bridgehead atoms. The molecule has 1 aromatic carbocycles. The van der Waals surface area contributed by atoms with Crippen molar-refractivity contribution < 1.29 is 8.91 Å². The van der Waals surface area contributed by atoms with Crippen LogP contribution in [-0.2, 0) is 7.05 Å². The quantitative estimate of drug-likeness (QED) is 0.376. The minimum atomic E-state index is -0.358. The van der Waals surface area contributed by atoms with E-state index in [0.29, 0.717) is 47.2 Å². The lowest BCUT2D eigenvalue weighted by Crippen LogP contribution is -2.57. The van der Waals surface area contributed by atoms with Crippen LogP contribution in [0, 0.1) is 17.1 Å². The number of likely N-dealkylation sites (tertiary alicyclic amines) is 1. The van der Waals surface area contributed by atoms with Crippen molar-refractivity contribution in [3.63, 3.8) is 0 Å². The van der Waals surface area contributed by atoms with Crippen LogP contribution in [0.4, 0.5) is 10.1 Å². The summed E-state index contributed by atoms with van der Waals surface area (Å²) in [4.78, 5) is 29.0. The molecular formula is C29H31FN8O2. The maximum Gasteiger partial charge on any atom is 0.252 e. The number of pyridine rings is 2. The van der Waals surface area contributed by atoms with Gasteiger partial charge >= 0.3 is 0 Å². The van der Waals surface area contributed by atoms with Crippen molar-refractivity contribution in [1.82, 2.24) is 29.5 Å². The zero-order valence-corrected chi connectivity index (χ0v) is 23.0. The van der Waals surface area contributed by atoms with Gasteiger partial charge in [0.2, 0.25) is 5.89 Å². The molecule has 6 rings (SSSR count). The predicted molar refractivity (Wildman–Crippen MR) is 147 cm³/mol. The number of halogens is 1. The van der Waals surface area contributed by atoms with E-state index in [-0.39, 0.29) is 35.4 Å². The Morgan fingerprint density at radius 3 is 2.48 bits per heavy atom. The number of hydrogen-bond acceptors (Lipinski definition) is 9. The average molecular weight is 543 g/mol. The van der Waals surface area contributed by atoms with Crippen molar-refractivity contribution in [2.45, 2.75) is 37.9 Å². The van der Waals surface area contributed by atoms with Crippen molar-refractivity contribution in [3.8, 4) is 6.07 Å². The number of benzene rings is 1. The summed E-state index contributed by atoms with van der Waals surface area (Å²) in [5.74, 6) is 1.12. The number of rotatable bonds is 5. The molecule has 3 aromatic heterocycles. The smallest absolute Gasteiger partial charge is 0.252 e. The molecule has 0 spiro atoms. The van der Waals surface area contributed by atoms with Crippen molar-refractivity contribution >= 4 is 16.7 Å². The Morgan fingerprint density at radius 1 is 1.02 bits per heavy atom. The molecule has 4 aromatic rings. The maximum absolute atomic E-state index is 13.9. The number of nitriles is 1. The summed E-state index contributed by atoms with van der Waals surface area (Å²) in [6.07, 6.45) is 0. The third-order valence-electron chi connectivity index (χ3n) is 8.16. The van der Waals surface area contributed by atoms with Gasteiger partial charge in [-0.05, 0) is 50.7 Å². The first kappa shape index (κ1) is 26.1. The lowest BCUT2D eigenvalue weighted by molar-refractivity contribution is 0.110. The molecule has 206 valence electrons. The number of aromatic nitrogens is 4. The monoisotopic (exact) mass is 542 g/mol. The highest BCUT2D eigenvalue weighted by Crippen LogP contribution is 2.36. The maximum atomic E-state index is 13.9. The van der Waals surface area contributed by atoms with E-state index < -0.39 is 0 Å². The van der Waals surface area contributed by atoms with E-state index in [1.807, 2.05) is 0 Å². The third-order valence-corrected chi connectivity index (χ3v) is 8.16. The lowest BCUT2D eigenvalue weighted by atomic mass is 9.98. The lowest BCUT2D eigenvalue weighted by Gasteiger charge is -2.47. The summed E-state index contributed by atoms with van der Waals surface area (Å²) in [6.45, 7) is 7.19. The van der Waals surface area contributed by atoms with Gasteiger partial charge in [-0.3, -0.25) is 9.69 Å². The van der Waals surface area contributed by atoms with E-state index in [4.69, 9.17) is 9.51 Å². The Bertz CT molecular complexity index is 1650. The number of hydrogen-bond donors (Lipinski definition) is 0. The van der Waals surface area contributed by atoms with E-state index in [2.05, 4.69) is 51.8 Å². The van der Waals surface area contributed by atoms with Crippen LogP contribution in [0.1, 0.15) is 48.8 Å². The molecule has 5 heterocycles. The summed E-state index contributed by atoms with van der Waals surface area (Å²) in [5, 5.41) is 13.8. The normalized spacial score (nSPS) is 21.4. The number of piperazine rings is 1. The van der Waals surface area contributed by atoms with Crippen LogP contribution in [0.2, 0.25) is 0 Å². The van der Waals surface area contributed by atoms with Crippen LogP contribution >= 0.6 is 0 Å². The molecule has 0 aliphatic carbocycles. The first-order chi connectivity index (χ1) is 19.2. The zero-order valence-electron chi connectivity index (χ0n) is 23.0. The van der Waals surface area contributed by atoms with Crippen LogP contribution < -0.4 is 10.5 Å². The molecule has 0 saturated carbocycles. The Balaban J connectivity index is 1.36. The van der Waals surface area contributed by atoms with Gasteiger partial charge < -0.3 is 18.9 Å². The van der Waals surface area contributed by atoms with Crippen molar-refractivity contribution in [1.29, 1.82) is 5.26 Å². The second-order valence-electron chi connectivity index (χ2n) is 11.0. The summed E-state index contributed by atoms with van der Waals surface area (Å²) in [7, 11) is 3.77. The van der Waals surface area contributed by atoms with Crippen molar-refractivity contribution in [2.24, 2.45) is 7.05 Å². The van der Waals surface area contributed by atoms with E-state index in [9.17, 15) is 14.4 Å². The molecule has 0 amide bonds. The highest BCUT2D eigenvalue weighted by molar-refractivity contribution is 5.89.